The third kappa shape index (κ3) is 5.39. The lowest BCUT2D eigenvalue weighted by molar-refractivity contribution is -0.141. The van der Waals surface area contributed by atoms with Gasteiger partial charge >= 0.3 is 0 Å². The lowest BCUT2D eigenvalue weighted by Gasteiger charge is -2.32. The molecule has 2 aromatic rings. The molecular weight excluding hydrogens is 374 g/mol. The second-order valence-electron chi connectivity index (χ2n) is 7.01. The lowest BCUT2D eigenvalue weighted by atomic mass is 10.0. The predicted molar refractivity (Wildman–Crippen MR) is 109 cm³/mol. The van der Waals surface area contributed by atoms with Crippen LogP contribution in [0, 0.1) is 0 Å². The molecule has 3 rings (SSSR count). The van der Waals surface area contributed by atoms with E-state index in [0.29, 0.717) is 13.2 Å². The molecule has 7 heteroatoms. The van der Waals surface area contributed by atoms with Crippen molar-refractivity contribution in [3.8, 4) is 0 Å². The molecule has 1 aliphatic carbocycles. The third-order valence-corrected chi connectivity index (χ3v) is 5.92. The molecule has 0 aromatic carbocycles. The summed E-state index contributed by atoms with van der Waals surface area (Å²) in [4.78, 5) is 33.1. The van der Waals surface area contributed by atoms with E-state index in [2.05, 4.69) is 10.3 Å². The number of rotatable bonds is 9. The summed E-state index contributed by atoms with van der Waals surface area (Å²) in [5, 5.41) is 5.11. The van der Waals surface area contributed by atoms with Crippen LogP contribution < -0.4 is 5.32 Å². The molecule has 1 atom stereocenters. The number of hydrogen-bond donors (Lipinski definition) is 1. The van der Waals surface area contributed by atoms with Gasteiger partial charge in [-0.05, 0) is 42.0 Å². The van der Waals surface area contributed by atoms with Crippen LogP contribution in [0.3, 0.4) is 0 Å². The van der Waals surface area contributed by atoms with Gasteiger partial charge in [-0.1, -0.05) is 18.9 Å². The number of carbonyl (C=O) groups excluding carboxylic acids is 2. The van der Waals surface area contributed by atoms with Crippen molar-refractivity contribution in [2.75, 3.05) is 20.3 Å². The van der Waals surface area contributed by atoms with E-state index in [4.69, 9.17) is 4.74 Å². The summed E-state index contributed by atoms with van der Waals surface area (Å²) >= 11 is 1.55. The van der Waals surface area contributed by atoms with Crippen LogP contribution in [-0.4, -0.2) is 48.0 Å². The molecule has 1 fully saturated rings. The summed E-state index contributed by atoms with van der Waals surface area (Å²) in [7, 11) is 1.60. The Bertz CT molecular complexity index is 746. The van der Waals surface area contributed by atoms with Gasteiger partial charge in [-0.25, -0.2) is 0 Å². The zero-order valence-corrected chi connectivity index (χ0v) is 17.0. The van der Waals surface area contributed by atoms with Crippen molar-refractivity contribution in [2.24, 2.45) is 0 Å². The molecule has 2 amide bonds. The van der Waals surface area contributed by atoms with Crippen LogP contribution in [0.15, 0.2) is 42.0 Å². The van der Waals surface area contributed by atoms with Gasteiger partial charge in [-0.3, -0.25) is 14.6 Å². The minimum Gasteiger partial charge on any atom is -0.383 e. The molecule has 28 heavy (non-hydrogen) atoms. The Balaban J connectivity index is 1.85. The smallest absolute Gasteiger partial charge is 0.247 e. The monoisotopic (exact) mass is 401 g/mol. The number of hydrogen-bond acceptors (Lipinski definition) is 5. The molecule has 1 N–H and O–H groups in total. The largest absolute Gasteiger partial charge is 0.383 e. The average molecular weight is 402 g/mol. The molecule has 2 heterocycles. The zero-order valence-electron chi connectivity index (χ0n) is 16.2. The topological polar surface area (TPSA) is 71.5 Å². The first-order valence-corrected chi connectivity index (χ1v) is 10.6. The van der Waals surface area contributed by atoms with Gasteiger partial charge in [0, 0.05) is 37.0 Å². The molecular formula is C21H27N3O3S. The van der Waals surface area contributed by atoms with Gasteiger partial charge in [-0.15, -0.1) is 11.3 Å². The standard InChI is InChI=1S/C21H27N3O3S/c1-27-13-12-24(19(25)15-18-7-4-14-28-18)20(16-8-10-22-11-9-16)21(26)23-17-5-2-3-6-17/h4,7-11,14,17,20H,2-3,5-6,12-13,15H2,1H3,(H,23,26)/t20-/m0/s1. The van der Waals surface area contributed by atoms with Crippen LogP contribution in [0.2, 0.25) is 0 Å². The first kappa shape index (κ1) is 20.5. The fourth-order valence-electron chi connectivity index (χ4n) is 3.62. The van der Waals surface area contributed by atoms with E-state index < -0.39 is 6.04 Å². The fraction of sp³-hybridized carbons (Fsp3) is 0.476. The number of aromatic nitrogens is 1. The summed E-state index contributed by atoms with van der Waals surface area (Å²) in [6.45, 7) is 0.722. The maximum atomic E-state index is 13.2. The van der Waals surface area contributed by atoms with Crippen LogP contribution in [0.5, 0.6) is 0 Å². The summed E-state index contributed by atoms with van der Waals surface area (Å²) in [5.74, 6) is -0.211. The van der Waals surface area contributed by atoms with Crippen molar-refractivity contribution in [1.29, 1.82) is 0 Å². The number of pyridine rings is 1. The van der Waals surface area contributed by atoms with Gasteiger partial charge in [0.1, 0.15) is 6.04 Å². The molecule has 6 nitrogen and oxygen atoms in total. The number of ether oxygens (including phenoxy) is 1. The van der Waals surface area contributed by atoms with E-state index >= 15 is 0 Å². The van der Waals surface area contributed by atoms with Crippen LogP contribution in [-0.2, 0) is 20.7 Å². The minimum absolute atomic E-state index is 0.0807. The summed E-state index contributed by atoms with van der Waals surface area (Å²) in [5.41, 5.74) is 0.765. The van der Waals surface area contributed by atoms with Crippen LogP contribution in [0.25, 0.3) is 0 Å². The highest BCUT2D eigenvalue weighted by molar-refractivity contribution is 7.10. The van der Waals surface area contributed by atoms with Gasteiger partial charge in [0.05, 0.1) is 13.0 Å². The number of carbonyl (C=O) groups is 2. The Labute approximate surface area is 169 Å². The molecule has 150 valence electrons. The Hall–Kier alpha value is -2.25. The molecule has 0 aliphatic heterocycles. The summed E-state index contributed by atoms with van der Waals surface area (Å²) in [6, 6.07) is 6.98. The molecule has 0 saturated heterocycles. The summed E-state index contributed by atoms with van der Waals surface area (Å²) in [6.07, 6.45) is 7.85. The highest BCUT2D eigenvalue weighted by Gasteiger charge is 2.33. The zero-order chi connectivity index (χ0) is 19.8. The van der Waals surface area contributed by atoms with Crippen molar-refractivity contribution in [2.45, 2.75) is 44.2 Å². The predicted octanol–water partition coefficient (Wildman–Crippen LogP) is 2.96. The molecule has 0 radical (unpaired) electrons. The van der Waals surface area contributed by atoms with E-state index in [-0.39, 0.29) is 24.3 Å². The van der Waals surface area contributed by atoms with Crippen molar-refractivity contribution >= 4 is 23.2 Å². The van der Waals surface area contributed by atoms with Crippen molar-refractivity contribution in [3.63, 3.8) is 0 Å². The van der Waals surface area contributed by atoms with E-state index in [9.17, 15) is 9.59 Å². The van der Waals surface area contributed by atoms with E-state index in [1.807, 2.05) is 17.5 Å². The van der Waals surface area contributed by atoms with Gasteiger partial charge < -0.3 is 15.0 Å². The van der Waals surface area contributed by atoms with E-state index in [1.165, 1.54) is 0 Å². The molecule has 1 saturated carbocycles. The van der Waals surface area contributed by atoms with E-state index in [0.717, 1.165) is 36.1 Å². The number of nitrogens with one attached hydrogen (secondary N) is 1. The van der Waals surface area contributed by atoms with Gasteiger partial charge in [0.2, 0.25) is 11.8 Å². The number of nitrogens with zero attached hydrogens (tertiary/aromatic N) is 2. The number of amides is 2. The third-order valence-electron chi connectivity index (χ3n) is 5.05. The number of methoxy groups -OCH3 is 1. The number of thiophene rings is 1. The lowest BCUT2D eigenvalue weighted by Crippen LogP contribution is -2.47. The Morgan fingerprint density at radius 3 is 2.68 bits per heavy atom. The van der Waals surface area contributed by atoms with Gasteiger partial charge in [-0.2, -0.15) is 0 Å². The Morgan fingerprint density at radius 1 is 1.29 bits per heavy atom. The average Bonchev–Trinajstić information content (AvgIpc) is 3.40. The van der Waals surface area contributed by atoms with Crippen molar-refractivity contribution < 1.29 is 14.3 Å². The molecule has 0 unspecified atom stereocenters. The maximum Gasteiger partial charge on any atom is 0.247 e. The molecule has 0 bridgehead atoms. The molecule has 0 spiro atoms. The van der Waals surface area contributed by atoms with Crippen LogP contribution in [0.4, 0.5) is 0 Å². The SMILES string of the molecule is COCCN(C(=O)Cc1cccs1)[C@H](C(=O)NC1CCCC1)c1ccncc1. The fourth-order valence-corrected chi connectivity index (χ4v) is 4.32. The van der Waals surface area contributed by atoms with Crippen molar-refractivity contribution in [1.82, 2.24) is 15.2 Å². The first-order chi connectivity index (χ1) is 13.7. The normalized spacial score (nSPS) is 15.3. The summed E-state index contributed by atoms with van der Waals surface area (Å²) < 4.78 is 5.22. The van der Waals surface area contributed by atoms with Crippen LogP contribution >= 0.6 is 11.3 Å². The highest BCUT2D eigenvalue weighted by Crippen LogP contribution is 2.25. The second kappa shape index (κ2) is 10.3. The minimum atomic E-state index is -0.689. The second-order valence-corrected chi connectivity index (χ2v) is 8.04. The van der Waals surface area contributed by atoms with Crippen LogP contribution in [0.1, 0.15) is 42.2 Å². The van der Waals surface area contributed by atoms with Gasteiger partial charge in [0.25, 0.3) is 0 Å². The Morgan fingerprint density at radius 2 is 2.04 bits per heavy atom. The highest BCUT2D eigenvalue weighted by atomic mass is 32.1. The first-order valence-electron chi connectivity index (χ1n) is 9.70. The quantitative estimate of drug-likeness (QED) is 0.701. The van der Waals surface area contributed by atoms with E-state index in [1.54, 1.807) is 47.9 Å². The van der Waals surface area contributed by atoms with Crippen molar-refractivity contribution in [3.05, 3.63) is 52.5 Å². The molecule has 1 aliphatic rings. The van der Waals surface area contributed by atoms with Gasteiger partial charge in [0.15, 0.2) is 0 Å². The maximum absolute atomic E-state index is 13.2. The Kier molecular flexibility index (Phi) is 7.56. The molecule has 2 aromatic heterocycles.